The van der Waals surface area contributed by atoms with E-state index >= 15 is 0 Å². The SMILES string of the molecule is CCCC(OCC)C(O)CC1CCC(F)(F)C1. The third-order valence-electron chi connectivity index (χ3n) is 3.46. The number of halogens is 2. The van der Waals surface area contributed by atoms with Gasteiger partial charge in [-0.3, -0.25) is 0 Å². The summed E-state index contributed by atoms with van der Waals surface area (Å²) < 4.78 is 31.5. The van der Waals surface area contributed by atoms with Crippen LogP contribution in [-0.4, -0.2) is 29.8 Å². The zero-order chi connectivity index (χ0) is 12.9. The standard InChI is InChI=1S/C13H24F2O2/c1-3-5-12(17-4-2)11(16)8-10-6-7-13(14,15)9-10/h10-12,16H,3-9H2,1-2H3. The summed E-state index contributed by atoms with van der Waals surface area (Å²) in [6, 6.07) is 0. The van der Waals surface area contributed by atoms with Crippen LogP contribution in [0.2, 0.25) is 0 Å². The van der Waals surface area contributed by atoms with Crippen LogP contribution in [0.15, 0.2) is 0 Å². The lowest BCUT2D eigenvalue weighted by Gasteiger charge is -2.24. The molecule has 1 fully saturated rings. The third kappa shape index (κ3) is 4.88. The Morgan fingerprint density at radius 3 is 2.59 bits per heavy atom. The molecule has 1 saturated carbocycles. The smallest absolute Gasteiger partial charge is 0.248 e. The Kier molecular flexibility index (Phi) is 5.80. The predicted octanol–water partition coefficient (Wildman–Crippen LogP) is 3.38. The molecule has 0 saturated heterocycles. The molecule has 102 valence electrons. The minimum Gasteiger partial charge on any atom is -0.390 e. The van der Waals surface area contributed by atoms with Gasteiger partial charge in [0.2, 0.25) is 5.92 Å². The van der Waals surface area contributed by atoms with E-state index in [4.69, 9.17) is 4.74 Å². The largest absolute Gasteiger partial charge is 0.390 e. The molecular weight excluding hydrogens is 226 g/mol. The molecule has 0 aromatic carbocycles. The third-order valence-corrected chi connectivity index (χ3v) is 3.46. The van der Waals surface area contributed by atoms with Gasteiger partial charge in [0.25, 0.3) is 0 Å². The molecule has 1 rings (SSSR count). The first kappa shape index (κ1) is 14.8. The number of rotatable bonds is 7. The quantitative estimate of drug-likeness (QED) is 0.750. The second-order valence-electron chi connectivity index (χ2n) is 5.05. The van der Waals surface area contributed by atoms with E-state index in [-0.39, 0.29) is 24.9 Å². The lowest BCUT2D eigenvalue weighted by atomic mass is 9.95. The van der Waals surface area contributed by atoms with Crippen LogP contribution >= 0.6 is 0 Å². The molecule has 0 amide bonds. The first-order valence-electron chi connectivity index (χ1n) is 6.66. The summed E-state index contributed by atoms with van der Waals surface area (Å²) in [5, 5.41) is 10.0. The molecular formula is C13H24F2O2. The summed E-state index contributed by atoms with van der Waals surface area (Å²) in [6.45, 7) is 4.48. The van der Waals surface area contributed by atoms with Gasteiger partial charge in [0.1, 0.15) is 0 Å². The van der Waals surface area contributed by atoms with Crippen molar-refractivity contribution in [3.63, 3.8) is 0 Å². The maximum absolute atomic E-state index is 13.0. The van der Waals surface area contributed by atoms with Crippen molar-refractivity contribution < 1.29 is 18.6 Å². The number of ether oxygens (including phenoxy) is 1. The van der Waals surface area contributed by atoms with E-state index in [1.54, 1.807) is 0 Å². The first-order valence-corrected chi connectivity index (χ1v) is 6.66. The summed E-state index contributed by atoms with van der Waals surface area (Å²) in [5.41, 5.74) is 0. The summed E-state index contributed by atoms with van der Waals surface area (Å²) in [7, 11) is 0. The molecule has 4 heteroatoms. The molecule has 17 heavy (non-hydrogen) atoms. The van der Waals surface area contributed by atoms with Crippen molar-refractivity contribution in [1.82, 2.24) is 0 Å². The molecule has 0 aliphatic heterocycles. The highest BCUT2D eigenvalue weighted by molar-refractivity contribution is 4.84. The Bertz CT molecular complexity index is 215. The molecule has 0 aromatic heterocycles. The minimum absolute atomic E-state index is 0.0303. The van der Waals surface area contributed by atoms with Gasteiger partial charge in [0.15, 0.2) is 0 Å². The second-order valence-corrected chi connectivity index (χ2v) is 5.05. The number of aliphatic hydroxyl groups is 1. The van der Waals surface area contributed by atoms with E-state index < -0.39 is 12.0 Å². The Hall–Kier alpha value is -0.220. The number of hydrogen-bond acceptors (Lipinski definition) is 2. The van der Waals surface area contributed by atoms with Crippen LogP contribution in [0.4, 0.5) is 8.78 Å². The fourth-order valence-electron chi connectivity index (χ4n) is 2.62. The fraction of sp³-hybridized carbons (Fsp3) is 1.00. The molecule has 0 radical (unpaired) electrons. The Morgan fingerprint density at radius 1 is 1.41 bits per heavy atom. The monoisotopic (exact) mass is 250 g/mol. The highest BCUT2D eigenvalue weighted by Crippen LogP contribution is 2.41. The summed E-state index contributed by atoms with van der Waals surface area (Å²) in [4.78, 5) is 0. The highest BCUT2D eigenvalue weighted by atomic mass is 19.3. The van der Waals surface area contributed by atoms with Crippen molar-refractivity contribution in [3.8, 4) is 0 Å². The number of aliphatic hydroxyl groups excluding tert-OH is 1. The lowest BCUT2D eigenvalue weighted by Crippen LogP contribution is -2.31. The van der Waals surface area contributed by atoms with E-state index in [1.165, 1.54) is 0 Å². The van der Waals surface area contributed by atoms with Gasteiger partial charge in [-0.2, -0.15) is 0 Å². The van der Waals surface area contributed by atoms with Gasteiger partial charge in [-0.1, -0.05) is 13.3 Å². The van der Waals surface area contributed by atoms with Crippen LogP contribution in [0.1, 0.15) is 52.4 Å². The van der Waals surface area contributed by atoms with Crippen LogP contribution in [0.5, 0.6) is 0 Å². The zero-order valence-electron chi connectivity index (χ0n) is 10.8. The Labute approximate surface area is 102 Å². The topological polar surface area (TPSA) is 29.5 Å². The van der Waals surface area contributed by atoms with E-state index in [0.717, 1.165) is 12.8 Å². The van der Waals surface area contributed by atoms with Gasteiger partial charge in [-0.15, -0.1) is 0 Å². The second kappa shape index (κ2) is 6.64. The molecule has 0 bridgehead atoms. The molecule has 0 heterocycles. The maximum atomic E-state index is 13.0. The molecule has 1 aliphatic carbocycles. The number of alkyl halides is 2. The van der Waals surface area contributed by atoms with Gasteiger partial charge < -0.3 is 9.84 Å². The van der Waals surface area contributed by atoms with Crippen molar-refractivity contribution in [1.29, 1.82) is 0 Å². The van der Waals surface area contributed by atoms with Crippen molar-refractivity contribution in [3.05, 3.63) is 0 Å². The lowest BCUT2D eigenvalue weighted by molar-refractivity contribution is -0.0491. The van der Waals surface area contributed by atoms with Crippen molar-refractivity contribution in [2.75, 3.05) is 6.61 Å². The van der Waals surface area contributed by atoms with Crippen molar-refractivity contribution in [2.24, 2.45) is 5.92 Å². The van der Waals surface area contributed by atoms with Gasteiger partial charge in [0.05, 0.1) is 12.2 Å². The van der Waals surface area contributed by atoms with Crippen LogP contribution in [0.25, 0.3) is 0 Å². The average molecular weight is 250 g/mol. The Balaban J connectivity index is 2.38. The molecule has 0 spiro atoms. The van der Waals surface area contributed by atoms with E-state index in [0.29, 0.717) is 19.4 Å². The van der Waals surface area contributed by atoms with E-state index in [9.17, 15) is 13.9 Å². The van der Waals surface area contributed by atoms with Crippen molar-refractivity contribution >= 4 is 0 Å². The predicted molar refractivity (Wildman–Crippen MR) is 63.2 cm³/mol. The first-order chi connectivity index (χ1) is 7.98. The molecule has 3 unspecified atom stereocenters. The van der Waals surface area contributed by atoms with Crippen LogP contribution in [0.3, 0.4) is 0 Å². The molecule has 1 aliphatic rings. The maximum Gasteiger partial charge on any atom is 0.248 e. The van der Waals surface area contributed by atoms with Gasteiger partial charge in [0, 0.05) is 19.4 Å². The Morgan fingerprint density at radius 2 is 2.12 bits per heavy atom. The minimum atomic E-state index is -2.52. The van der Waals surface area contributed by atoms with Gasteiger partial charge >= 0.3 is 0 Å². The fourth-order valence-corrected chi connectivity index (χ4v) is 2.62. The zero-order valence-corrected chi connectivity index (χ0v) is 10.8. The van der Waals surface area contributed by atoms with Crippen LogP contribution in [-0.2, 0) is 4.74 Å². The molecule has 3 atom stereocenters. The highest BCUT2D eigenvalue weighted by Gasteiger charge is 2.40. The summed E-state index contributed by atoms with van der Waals surface area (Å²) in [6.07, 6.45) is 1.79. The average Bonchev–Trinajstić information content (AvgIpc) is 2.57. The molecule has 0 aromatic rings. The van der Waals surface area contributed by atoms with Crippen LogP contribution < -0.4 is 0 Å². The van der Waals surface area contributed by atoms with E-state index in [1.807, 2.05) is 13.8 Å². The van der Waals surface area contributed by atoms with Crippen LogP contribution in [0, 0.1) is 5.92 Å². The van der Waals surface area contributed by atoms with Gasteiger partial charge in [-0.25, -0.2) is 8.78 Å². The van der Waals surface area contributed by atoms with Crippen molar-refractivity contribution in [2.45, 2.75) is 70.5 Å². The summed E-state index contributed by atoms with van der Waals surface area (Å²) >= 11 is 0. The normalized spacial score (nSPS) is 27.0. The number of hydrogen-bond donors (Lipinski definition) is 1. The van der Waals surface area contributed by atoms with E-state index in [2.05, 4.69) is 0 Å². The summed E-state index contributed by atoms with van der Waals surface area (Å²) in [5.74, 6) is -2.57. The molecule has 1 N–H and O–H groups in total. The van der Waals surface area contributed by atoms with Gasteiger partial charge in [-0.05, 0) is 32.1 Å². The molecule has 2 nitrogen and oxygen atoms in total.